The molecule has 0 saturated heterocycles. The smallest absolute Gasteiger partial charge is 0.407 e. The average Bonchev–Trinajstić information content (AvgIpc) is 2.71. The van der Waals surface area contributed by atoms with Crippen LogP contribution in [0.2, 0.25) is 5.02 Å². The van der Waals surface area contributed by atoms with Gasteiger partial charge in [0.2, 0.25) is 0 Å². The topological polar surface area (TPSA) is 67.9 Å². The molecule has 0 fully saturated rings. The predicted molar refractivity (Wildman–Crippen MR) is 132 cm³/mol. The molecule has 6 nitrogen and oxygen atoms in total. The number of carbonyl (C=O) groups is 2. The number of amides is 2. The van der Waals surface area contributed by atoms with E-state index in [1.54, 1.807) is 14.1 Å². The molecule has 0 aliphatic heterocycles. The molecule has 0 aliphatic carbocycles. The summed E-state index contributed by atoms with van der Waals surface area (Å²) < 4.78 is 10.9. The Morgan fingerprint density at radius 3 is 2.33 bits per heavy atom. The number of ether oxygens (including phenoxy) is 2. The minimum absolute atomic E-state index is 0.0979. The number of halogens is 1. The lowest BCUT2D eigenvalue weighted by Crippen LogP contribution is -2.40. The first-order valence-corrected chi connectivity index (χ1v) is 11.2. The molecule has 7 heteroatoms. The molecule has 0 saturated carbocycles. The summed E-state index contributed by atoms with van der Waals surface area (Å²) in [6.07, 6.45) is 0.370. The molecule has 0 aliphatic rings. The van der Waals surface area contributed by atoms with Gasteiger partial charge in [-0.2, -0.15) is 0 Å². The zero-order valence-corrected chi connectivity index (χ0v) is 20.7. The van der Waals surface area contributed by atoms with Gasteiger partial charge >= 0.3 is 6.09 Å². The fourth-order valence-electron chi connectivity index (χ4n) is 3.06. The highest BCUT2D eigenvalue weighted by Gasteiger charge is 2.21. The standard InChI is InChI=1S/C26H33ClN2O4/c1-18(32-17-24(30)29(5)6)14-23(28-25(31)33-26(2,3)4)15-19-10-12-20(13-11-19)21-8-7-9-22(27)16-21/h7-13,16,23H,1,14-15,17H2,2-6H3,(H,28,31). The van der Waals surface area contributed by atoms with Crippen molar-refractivity contribution in [2.24, 2.45) is 0 Å². The van der Waals surface area contributed by atoms with E-state index in [2.05, 4.69) is 11.9 Å². The van der Waals surface area contributed by atoms with E-state index in [0.717, 1.165) is 16.7 Å². The second-order valence-corrected chi connectivity index (χ2v) is 9.51. The van der Waals surface area contributed by atoms with Gasteiger partial charge in [-0.3, -0.25) is 4.79 Å². The molecule has 0 aromatic heterocycles. The maximum absolute atomic E-state index is 12.4. The van der Waals surface area contributed by atoms with Crippen molar-refractivity contribution in [3.63, 3.8) is 0 Å². The van der Waals surface area contributed by atoms with Crippen LogP contribution < -0.4 is 5.32 Å². The molecule has 0 spiro atoms. The molecule has 2 amide bonds. The third-order valence-corrected chi connectivity index (χ3v) is 4.92. The van der Waals surface area contributed by atoms with Crippen LogP contribution in [0.15, 0.2) is 60.9 Å². The first-order valence-electron chi connectivity index (χ1n) is 10.8. The van der Waals surface area contributed by atoms with Crippen molar-refractivity contribution in [2.45, 2.75) is 45.3 Å². The van der Waals surface area contributed by atoms with Crippen LogP contribution in [0.25, 0.3) is 11.1 Å². The van der Waals surface area contributed by atoms with Gasteiger partial charge in [-0.1, -0.05) is 54.6 Å². The minimum atomic E-state index is -0.612. The van der Waals surface area contributed by atoms with E-state index in [-0.39, 0.29) is 18.6 Å². The molecule has 1 N–H and O–H groups in total. The lowest BCUT2D eigenvalue weighted by atomic mass is 9.99. The number of likely N-dealkylation sites (N-methyl/N-ethyl adjacent to an activating group) is 1. The molecule has 0 heterocycles. The Hall–Kier alpha value is -2.99. The van der Waals surface area contributed by atoms with E-state index in [4.69, 9.17) is 21.1 Å². The van der Waals surface area contributed by atoms with Gasteiger partial charge in [0, 0.05) is 31.6 Å². The van der Waals surface area contributed by atoms with Crippen LogP contribution in [0, 0.1) is 0 Å². The molecular weight excluding hydrogens is 440 g/mol. The summed E-state index contributed by atoms with van der Waals surface area (Å²) in [5, 5.41) is 3.59. The minimum Gasteiger partial charge on any atom is -0.489 e. The van der Waals surface area contributed by atoms with E-state index >= 15 is 0 Å². The van der Waals surface area contributed by atoms with Crippen LogP contribution in [0.5, 0.6) is 0 Å². The van der Waals surface area contributed by atoms with Crippen LogP contribution in [-0.2, 0) is 20.7 Å². The first kappa shape index (κ1) is 26.3. The van der Waals surface area contributed by atoms with E-state index in [1.165, 1.54) is 4.90 Å². The second kappa shape index (κ2) is 11.8. The number of carbonyl (C=O) groups excluding carboxylic acids is 2. The third kappa shape index (κ3) is 9.58. The summed E-state index contributed by atoms with van der Waals surface area (Å²) in [4.78, 5) is 25.6. The van der Waals surface area contributed by atoms with Gasteiger partial charge < -0.3 is 19.7 Å². The molecule has 2 aromatic rings. The number of hydrogen-bond acceptors (Lipinski definition) is 4. The van der Waals surface area contributed by atoms with Crippen molar-refractivity contribution in [3.05, 3.63) is 71.5 Å². The first-order chi connectivity index (χ1) is 15.4. The molecule has 178 valence electrons. The number of nitrogens with zero attached hydrogens (tertiary/aromatic N) is 1. The van der Waals surface area contributed by atoms with E-state index < -0.39 is 11.7 Å². The third-order valence-electron chi connectivity index (χ3n) is 4.69. The molecule has 33 heavy (non-hydrogen) atoms. The van der Waals surface area contributed by atoms with Crippen molar-refractivity contribution in [1.29, 1.82) is 0 Å². The van der Waals surface area contributed by atoms with E-state index in [9.17, 15) is 9.59 Å². The molecular formula is C26H33ClN2O4. The Morgan fingerprint density at radius 2 is 1.76 bits per heavy atom. The summed E-state index contributed by atoms with van der Waals surface area (Å²) >= 11 is 6.10. The predicted octanol–water partition coefficient (Wildman–Crippen LogP) is 5.45. The Balaban J connectivity index is 2.09. The van der Waals surface area contributed by atoms with Crippen LogP contribution in [-0.4, -0.2) is 49.2 Å². The molecule has 1 unspecified atom stereocenters. The number of benzene rings is 2. The number of nitrogens with one attached hydrogen (secondary N) is 1. The zero-order chi connectivity index (χ0) is 24.6. The van der Waals surface area contributed by atoms with Crippen LogP contribution >= 0.6 is 11.6 Å². The van der Waals surface area contributed by atoms with Gasteiger partial charge in [0.05, 0.1) is 5.76 Å². The van der Waals surface area contributed by atoms with Gasteiger partial charge in [0.15, 0.2) is 6.61 Å². The van der Waals surface area contributed by atoms with Gasteiger partial charge in [0.25, 0.3) is 5.91 Å². The highest BCUT2D eigenvalue weighted by atomic mass is 35.5. The van der Waals surface area contributed by atoms with E-state index in [0.29, 0.717) is 23.6 Å². The van der Waals surface area contributed by atoms with Crippen molar-refractivity contribution in [2.75, 3.05) is 20.7 Å². The number of alkyl carbamates (subject to hydrolysis) is 1. The van der Waals surface area contributed by atoms with Gasteiger partial charge in [0.1, 0.15) is 5.60 Å². The molecule has 0 bridgehead atoms. The fourth-order valence-corrected chi connectivity index (χ4v) is 3.25. The van der Waals surface area contributed by atoms with Crippen LogP contribution in [0.3, 0.4) is 0 Å². The summed E-state index contributed by atoms with van der Waals surface area (Å²) in [5.41, 5.74) is 2.50. The summed E-state index contributed by atoms with van der Waals surface area (Å²) in [5.74, 6) is 0.256. The largest absolute Gasteiger partial charge is 0.489 e. The molecule has 2 rings (SSSR count). The highest BCUT2D eigenvalue weighted by molar-refractivity contribution is 6.30. The SMILES string of the molecule is C=C(CC(Cc1ccc(-c2cccc(Cl)c2)cc1)NC(=O)OC(C)(C)C)OCC(=O)N(C)C. The Bertz CT molecular complexity index is 965. The average molecular weight is 473 g/mol. The van der Waals surface area contributed by atoms with Gasteiger partial charge in [-0.25, -0.2) is 4.79 Å². The Kier molecular flexibility index (Phi) is 9.35. The van der Waals surface area contributed by atoms with Crippen molar-refractivity contribution < 1.29 is 19.1 Å². The summed E-state index contributed by atoms with van der Waals surface area (Å²) in [7, 11) is 3.32. The van der Waals surface area contributed by atoms with E-state index in [1.807, 2.05) is 69.3 Å². The Morgan fingerprint density at radius 1 is 1.09 bits per heavy atom. The lowest BCUT2D eigenvalue weighted by Gasteiger charge is -2.24. The monoisotopic (exact) mass is 472 g/mol. The summed E-state index contributed by atoms with van der Waals surface area (Å²) in [6, 6.07) is 15.4. The number of hydrogen-bond donors (Lipinski definition) is 1. The zero-order valence-electron chi connectivity index (χ0n) is 20.0. The molecule has 2 aromatic carbocycles. The molecule has 0 radical (unpaired) electrons. The quantitative estimate of drug-likeness (QED) is 0.492. The maximum atomic E-state index is 12.4. The van der Waals surface area contributed by atoms with Crippen molar-refractivity contribution in [3.8, 4) is 11.1 Å². The Labute approximate surface area is 201 Å². The highest BCUT2D eigenvalue weighted by Crippen LogP contribution is 2.24. The number of rotatable bonds is 9. The normalized spacial score (nSPS) is 11.9. The van der Waals surface area contributed by atoms with Gasteiger partial charge in [-0.15, -0.1) is 0 Å². The second-order valence-electron chi connectivity index (χ2n) is 9.07. The molecule has 1 atom stereocenters. The van der Waals surface area contributed by atoms with Crippen molar-refractivity contribution >= 4 is 23.6 Å². The fraction of sp³-hybridized carbons (Fsp3) is 0.385. The van der Waals surface area contributed by atoms with Gasteiger partial charge in [-0.05, 0) is 56.0 Å². The van der Waals surface area contributed by atoms with Crippen LogP contribution in [0.1, 0.15) is 32.8 Å². The summed E-state index contributed by atoms with van der Waals surface area (Å²) in [6.45, 7) is 9.25. The van der Waals surface area contributed by atoms with Crippen molar-refractivity contribution in [1.82, 2.24) is 10.2 Å². The van der Waals surface area contributed by atoms with Crippen LogP contribution in [0.4, 0.5) is 4.79 Å². The maximum Gasteiger partial charge on any atom is 0.407 e. The lowest BCUT2D eigenvalue weighted by molar-refractivity contribution is -0.132.